The van der Waals surface area contributed by atoms with Gasteiger partial charge in [0.1, 0.15) is 16.6 Å². The molecule has 0 radical (unpaired) electrons. The van der Waals surface area contributed by atoms with Crippen LogP contribution in [0.3, 0.4) is 0 Å². The average Bonchev–Trinajstić information content (AvgIpc) is 3.29. The van der Waals surface area contributed by atoms with E-state index in [2.05, 4.69) is 0 Å². The van der Waals surface area contributed by atoms with Crippen LogP contribution in [0.1, 0.15) is 87.0 Å². The van der Waals surface area contributed by atoms with Crippen molar-refractivity contribution < 1.29 is 19.8 Å². The second kappa shape index (κ2) is 16.7. The van der Waals surface area contributed by atoms with Crippen molar-refractivity contribution in [2.45, 2.75) is 70.2 Å². The van der Waals surface area contributed by atoms with Crippen LogP contribution in [0.15, 0.2) is 182 Å². The number of amides is 2. The molecule has 1 fully saturated rings. The first-order chi connectivity index (χ1) is 30.9. The number of rotatable bonds is 12. The third-order valence-electron chi connectivity index (χ3n) is 13.9. The molecule has 1 aliphatic rings. The summed E-state index contributed by atoms with van der Waals surface area (Å²) in [4.78, 5) is 32.7. The molecule has 0 bridgehead atoms. The summed E-state index contributed by atoms with van der Waals surface area (Å²) in [6, 6.07) is 56.3. The minimum atomic E-state index is -2.01. The molecule has 64 heavy (non-hydrogen) atoms. The van der Waals surface area contributed by atoms with Gasteiger partial charge in [-0.2, -0.15) is 0 Å². The molecule has 0 heterocycles. The topological polar surface area (TPSA) is 104 Å². The van der Waals surface area contributed by atoms with Gasteiger partial charge < -0.3 is 20.8 Å². The van der Waals surface area contributed by atoms with E-state index < -0.39 is 40.5 Å². The van der Waals surface area contributed by atoms with E-state index in [9.17, 15) is 15.0 Å². The Morgan fingerprint density at radius 3 is 1.09 bits per heavy atom. The molecule has 4 N–H and O–H groups in total. The molecule has 6 heteroatoms. The Hall–Kier alpha value is -6.86. The van der Waals surface area contributed by atoms with E-state index in [1.807, 2.05) is 210 Å². The fourth-order valence-electron chi connectivity index (χ4n) is 10.1. The number of hydrogen-bond acceptors (Lipinski definition) is 4. The summed E-state index contributed by atoms with van der Waals surface area (Å²) in [5, 5.41) is 32.6. The minimum absolute atomic E-state index is 0.225. The van der Waals surface area contributed by atoms with Gasteiger partial charge in [0.2, 0.25) is 11.8 Å². The van der Waals surface area contributed by atoms with E-state index in [-0.39, 0.29) is 12.8 Å². The molecule has 1 aliphatic carbocycles. The normalized spacial score (nSPS) is 14.7. The molecule has 0 spiro atoms. The number of primary amides is 1. The lowest BCUT2D eigenvalue weighted by molar-refractivity contribution is -0.173. The van der Waals surface area contributed by atoms with Crippen molar-refractivity contribution >= 4 is 33.4 Å². The summed E-state index contributed by atoms with van der Waals surface area (Å²) in [6.45, 7) is 8.00. The lowest BCUT2D eigenvalue weighted by Crippen LogP contribution is -2.61. The van der Waals surface area contributed by atoms with E-state index in [0.717, 1.165) is 43.8 Å². The van der Waals surface area contributed by atoms with Crippen molar-refractivity contribution in [1.29, 1.82) is 0 Å². The molecular weight excluding hydrogens is 789 g/mol. The lowest BCUT2D eigenvalue weighted by Gasteiger charge is -2.54. The number of carbonyl (C=O) groups is 2. The summed E-state index contributed by atoms with van der Waals surface area (Å²) in [6.07, 6.45) is 1.06. The summed E-state index contributed by atoms with van der Waals surface area (Å²) < 4.78 is 0. The molecule has 1 saturated carbocycles. The molecule has 6 nitrogen and oxygen atoms in total. The highest BCUT2D eigenvalue weighted by Crippen LogP contribution is 2.57. The van der Waals surface area contributed by atoms with Gasteiger partial charge in [0.15, 0.2) is 0 Å². The zero-order valence-electron chi connectivity index (χ0n) is 36.8. The van der Waals surface area contributed by atoms with E-state index in [0.29, 0.717) is 39.8 Å². The molecule has 320 valence electrons. The summed E-state index contributed by atoms with van der Waals surface area (Å²) in [5.74, 6) is -1.29. The van der Waals surface area contributed by atoms with Gasteiger partial charge in [-0.15, -0.1) is 0 Å². The van der Waals surface area contributed by atoms with Gasteiger partial charge in [-0.25, -0.2) is 0 Å². The van der Waals surface area contributed by atoms with Gasteiger partial charge >= 0.3 is 0 Å². The van der Waals surface area contributed by atoms with Crippen LogP contribution < -0.4 is 5.73 Å². The molecule has 0 aromatic heterocycles. The minimum Gasteiger partial charge on any atom is -0.378 e. The van der Waals surface area contributed by atoms with Crippen molar-refractivity contribution in [3.63, 3.8) is 0 Å². The van der Waals surface area contributed by atoms with Gasteiger partial charge in [-0.05, 0) is 95.5 Å². The van der Waals surface area contributed by atoms with Gasteiger partial charge in [0.05, 0.1) is 12.1 Å². The van der Waals surface area contributed by atoms with Crippen LogP contribution in [0.2, 0.25) is 0 Å². The Morgan fingerprint density at radius 2 is 0.797 bits per heavy atom. The quantitative estimate of drug-likeness (QED) is 0.107. The lowest BCUT2D eigenvalue weighted by atomic mass is 9.64. The maximum Gasteiger partial charge on any atom is 0.239 e. The summed E-state index contributed by atoms with van der Waals surface area (Å²) in [7, 11) is 0. The van der Waals surface area contributed by atoms with Crippen molar-refractivity contribution in [2.75, 3.05) is 0 Å². The Labute approximate surface area is 375 Å². The molecule has 9 rings (SSSR count). The van der Waals surface area contributed by atoms with E-state index in [1.54, 1.807) is 4.90 Å². The fourth-order valence-corrected chi connectivity index (χ4v) is 10.1. The number of hydrogen-bond donors (Lipinski definition) is 3. The largest absolute Gasteiger partial charge is 0.378 e. The van der Waals surface area contributed by atoms with E-state index in [4.69, 9.17) is 5.73 Å². The second-order valence-corrected chi connectivity index (χ2v) is 18.0. The fraction of sp³-hybridized carbons (Fsp3) is 0.207. The third kappa shape index (κ3) is 7.08. The highest BCUT2D eigenvalue weighted by molar-refractivity contribution is 6.06. The molecule has 0 aliphatic heterocycles. The van der Waals surface area contributed by atoms with Gasteiger partial charge in [-0.1, -0.05) is 211 Å². The van der Waals surface area contributed by atoms with Crippen molar-refractivity contribution in [2.24, 2.45) is 11.1 Å². The maximum absolute atomic E-state index is 16.8. The first-order valence-corrected chi connectivity index (χ1v) is 22.2. The van der Waals surface area contributed by atoms with Gasteiger partial charge in [0, 0.05) is 0 Å². The standard InChI is InChI=1S/C58H54N2O4/c1-38-20-28-44(29-21-38)57(63,45-30-22-39(2)23-31-45)52(50-18-9-14-42-12-5-7-16-48(42)50)60(55(62)56(54(59)61)36-11-37-56)53(51-19-10-15-43-13-6-8-17-49(43)51)58(64,46-32-24-40(3)25-33-46)47-34-26-41(4)27-35-47/h5-10,12-35,52-53,63-64H,11,36-37H2,1-4H3,(H2,59,61)/t52-,53-/m0/s1. The van der Waals surface area contributed by atoms with Crippen molar-refractivity contribution in [3.8, 4) is 0 Å². The molecule has 0 unspecified atom stereocenters. The number of fused-ring (bicyclic) bond motifs is 2. The van der Waals surface area contributed by atoms with Gasteiger partial charge in [0.25, 0.3) is 0 Å². The third-order valence-corrected chi connectivity index (χ3v) is 13.9. The number of nitrogens with two attached hydrogens (primary N) is 1. The highest BCUT2D eigenvalue weighted by atomic mass is 16.3. The maximum atomic E-state index is 16.8. The number of benzene rings is 8. The Morgan fingerprint density at radius 1 is 0.484 bits per heavy atom. The van der Waals surface area contributed by atoms with Crippen LogP contribution in [0.25, 0.3) is 21.5 Å². The first-order valence-electron chi connectivity index (χ1n) is 22.2. The van der Waals surface area contributed by atoms with Crippen LogP contribution in [0.5, 0.6) is 0 Å². The van der Waals surface area contributed by atoms with Crippen LogP contribution in [0.4, 0.5) is 0 Å². The number of aryl methyl sites for hydroxylation is 4. The van der Waals surface area contributed by atoms with Crippen molar-refractivity contribution in [1.82, 2.24) is 4.90 Å². The van der Waals surface area contributed by atoms with E-state index in [1.165, 1.54) is 0 Å². The monoisotopic (exact) mass is 842 g/mol. The highest BCUT2D eigenvalue weighted by Gasteiger charge is 2.61. The van der Waals surface area contributed by atoms with Crippen LogP contribution in [0, 0.1) is 33.1 Å². The number of carbonyl (C=O) groups excluding carboxylic acids is 2. The zero-order chi connectivity index (χ0) is 44.8. The SMILES string of the molecule is Cc1ccc(C(O)(c2ccc(C)cc2)[C@H](c2cccc3ccccc23)N(C(=O)C2(C(N)=O)CCC2)[C@@H](c2cccc3ccccc23)C(O)(c2ccc(C)cc2)c2ccc(C)cc2)cc1. The molecule has 2 atom stereocenters. The summed E-state index contributed by atoms with van der Waals surface area (Å²) in [5.41, 5.74) is 8.18. The second-order valence-electron chi connectivity index (χ2n) is 18.0. The molecule has 2 amide bonds. The number of aliphatic hydroxyl groups is 2. The first kappa shape index (κ1) is 42.4. The van der Waals surface area contributed by atoms with Crippen molar-refractivity contribution in [3.05, 3.63) is 238 Å². The average molecular weight is 843 g/mol. The predicted molar refractivity (Wildman–Crippen MR) is 256 cm³/mol. The van der Waals surface area contributed by atoms with Crippen LogP contribution in [-0.4, -0.2) is 26.9 Å². The zero-order valence-corrected chi connectivity index (χ0v) is 36.8. The van der Waals surface area contributed by atoms with Gasteiger partial charge in [-0.3, -0.25) is 9.59 Å². The van der Waals surface area contributed by atoms with E-state index >= 15 is 4.79 Å². The smallest absolute Gasteiger partial charge is 0.239 e. The molecule has 8 aromatic carbocycles. The Balaban J connectivity index is 1.52. The van der Waals surface area contributed by atoms with Crippen LogP contribution in [-0.2, 0) is 20.8 Å². The predicted octanol–water partition coefficient (Wildman–Crippen LogP) is 11.4. The Kier molecular flexibility index (Phi) is 11.1. The van der Waals surface area contributed by atoms with Crippen LogP contribution >= 0.6 is 0 Å². The summed E-state index contributed by atoms with van der Waals surface area (Å²) >= 11 is 0. The molecule has 8 aromatic rings. The Bertz CT molecular complexity index is 2700. The molecular formula is C58H54N2O4. The molecule has 0 saturated heterocycles. The number of nitrogens with zero attached hydrogens (tertiary/aromatic N) is 1.